The van der Waals surface area contributed by atoms with Crippen LogP contribution < -0.4 is 5.56 Å². The number of rotatable bonds is 1. The number of alkyl halides is 2. The van der Waals surface area contributed by atoms with Gasteiger partial charge in [0.15, 0.2) is 0 Å². The van der Waals surface area contributed by atoms with Crippen molar-refractivity contribution in [2.24, 2.45) is 0 Å². The maximum Gasteiger partial charge on any atom is 0.270 e. The van der Waals surface area contributed by atoms with E-state index in [-0.39, 0.29) is 6.42 Å². The molecule has 2 nitrogen and oxygen atoms in total. The molecule has 1 atom stereocenters. The third kappa shape index (κ3) is 1.41. The molecule has 0 aromatic carbocycles. The lowest BCUT2D eigenvalue weighted by Gasteiger charge is -2.03. The largest absolute Gasteiger partial charge is 0.305 e. The fourth-order valence-electron chi connectivity index (χ4n) is 1.23. The number of halogens is 3. The van der Waals surface area contributed by atoms with E-state index in [4.69, 9.17) is 0 Å². The summed E-state index contributed by atoms with van der Waals surface area (Å²) < 4.78 is 26.6. The molecule has 1 unspecified atom stereocenters. The summed E-state index contributed by atoms with van der Waals surface area (Å²) in [5, 5.41) is 0. The Morgan fingerprint density at radius 1 is 1.62 bits per heavy atom. The molecular weight excluding hydrogens is 244 g/mol. The van der Waals surface area contributed by atoms with E-state index in [2.05, 4.69) is 15.9 Å². The van der Waals surface area contributed by atoms with Gasteiger partial charge in [-0.3, -0.25) is 4.79 Å². The summed E-state index contributed by atoms with van der Waals surface area (Å²) in [6, 6.07) is 2.16. The van der Waals surface area contributed by atoms with Crippen LogP contribution in [0.3, 0.4) is 0 Å². The molecule has 2 rings (SSSR count). The molecule has 1 aliphatic carbocycles. The van der Waals surface area contributed by atoms with Gasteiger partial charge in [0.05, 0.1) is 4.47 Å². The highest BCUT2D eigenvalue weighted by molar-refractivity contribution is 9.10. The van der Waals surface area contributed by atoms with Crippen LogP contribution in [-0.4, -0.2) is 10.5 Å². The van der Waals surface area contributed by atoms with Gasteiger partial charge >= 0.3 is 0 Å². The molecular formula is C8H6BrF2NO. The van der Waals surface area contributed by atoms with E-state index in [9.17, 15) is 13.6 Å². The molecule has 0 bridgehead atoms. The van der Waals surface area contributed by atoms with Crippen molar-refractivity contribution >= 4 is 15.9 Å². The van der Waals surface area contributed by atoms with Crippen molar-refractivity contribution in [1.29, 1.82) is 0 Å². The first-order chi connectivity index (χ1) is 6.02. The van der Waals surface area contributed by atoms with Crippen LogP contribution in [0, 0.1) is 0 Å². The molecule has 0 spiro atoms. The van der Waals surface area contributed by atoms with Crippen LogP contribution in [0.15, 0.2) is 27.6 Å². The van der Waals surface area contributed by atoms with E-state index in [1.807, 2.05) is 0 Å². The summed E-state index contributed by atoms with van der Waals surface area (Å²) in [4.78, 5) is 11.3. The smallest absolute Gasteiger partial charge is 0.270 e. The van der Waals surface area contributed by atoms with E-state index < -0.39 is 17.5 Å². The Bertz CT molecular complexity index is 401. The highest BCUT2D eigenvalue weighted by atomic mass is 79.9. The molecule has 70 valence electrons. The lowest BCUT2D eigenvalue weighted by atomic mass is 10.4. The second-order valence-corrected chi connectivity index (χ2v) is 3.90. The monoisotopic (exact) mass is 249 g/mol. The molecule has 0 amide bonds. The van der Waals surface area contributed by atoms with Gasteiger partial charge < -0.3 is 4.57 Å². The second-order valence-electron chi connectivity index (χ2n) is 3.05. The Kier molecular flexibility index (Phi) is 1.80. The minimum absolute atomic E-state index is 0.233. The maximum atomic E-state index is 12.6. The normalized spacial score (nSPS) is 24.4. The number of pyridine rings is 1. The van der Waals surface area contributed by atoms with Gasteiger partial charge in [0, 0.05) is 12.6 Å². The van der Waals surface area contributed by atoms with Crippen LogP contribution in [0.1, 0.15) is 12.5 Å². The molecule has 1 fully saturated rings. The summed E-state index contributed by atoms with van der Waals surface area (Å²) >= 11 is 3.00. The molecule has 1 aromatic rings. The summed E-state index contributed by atoms with van der Waals surface area (Å²) in [5.74, 6) is -2.70. The summed E-state index contributed by atoms with van der Waals surface area (Å²) in [6.07, 6.45) is 1.15. The van der Waals surface area contributed by atoms with E-state index >= 15 is 0 Å². The average molecular weight is 250 g/mol. The molecule has 0 aliphatic heterocycles. The lowest BCUT2D eigenvalue weighted by Crippen LogP contribution is -2.20. The first-order valence-corrected chi connectivity index (χ1v) is 4.56. The average Bonchev–Trinajstić information content (AvgIpc) is 2.66. The second kappa shape index (κ2) is 2.64. The highest BCUT2D eigenvalue weighted by Gasteiger charge is 2.58. The van der Waals surface area contributed by atoms with Crippen LogP contribution in [0.5, 0.6) is 0 Å². The van der Waals surface area contributed by atoms with Gasteiger partial charge in [-0.1, -0.05) is 0 Å². The lowest BCUT2D eigenvalue weighted by molar-refractivity contribution is 0.100. The molecule has 5 heteroatoms. The van der Waals surface area contributed by atoms with Crippen LogP contribution in [0.2, 0.25) is 0 Å². The van der Waals surface area contributed by atoms with E-state index in [1.165, 1.54) is 6.20 Å². The summed E-state index contributed by atoms with van der Waals surface area (Å²) in [5.41, 5.74) is -0.398. The molecule has 1 heterocycles. The zero-order valence-corrected chi connectivity index (χ0v) is 8.09. The van der Waals surface area contributed by atoms with Crippen molar-refractivity contribution in [2.75, 3.05) is 0 Å². The minimum atomic E-state index is -2.70. The molecule has 13 heavy (non-hydrogen) atoms. The minimum Gasteiger partial charge on any atom is -0.305 e. The zero-order valence-electron chi connectivity index (χ0n) is 6.51. The van der Waals surface area contributed by atoms with Gasteiger partial charge in [-0.15, -0.1) is 0 Å². The van der Waals surface area contributed by atoms with Crippen molar-refractivity contribution in [3.05, 3.63) is 33.2 Å². The Morgan fingerprint density at radius 3 is 2.77 bits per heavy atom. The molecule has 1 aromatic heterocycles. The molecule has 0 saturated heterocycles. The van der Waals surface area contributed by atoms with Crippen molar-refractivity contribution in [2.45, 2.75) is 18.4 Å². The first kappa shape index (κ1) is 8.87. The quantitative estimate of drug-likeness (QED) is 0.748. The maximum absolute atomic E-state index is 12.6. The highest BCUT2D eigenvalue weighted by Crippen LogP contribution is 2.51. The molecule has 0 radical (unpaired) electrons. The number of nitrogens with zero attached hydrogens (tertiary/aromatic N) is 1. The van der Waals surface area contributed by atoms with Gasteiger partial charge in [-0.2, -0.15) is 0 Å². The van der Waals surface area contributed by atoms with Gasteiger partial charge in [0.1, 0.15) is 6.04 Å². The van der Waals surface area contributed by atoms with Crippen LogP contribution in [-0.2, 0) is 0 Å². The molecule has 0 N–H and O–H groups in total. The first-order valence-electron chi connectivity index (χ1n) is 3.77. The van der Waals surface area contributed by atoms with Crippen molar-refractivity contribution in [3.63, 3.8) is 0 Å². The van der Waals surface area contributed by atoms with E-state index in [0.717, 1.165) is 4.57 Å². The van der Waals surface area contributed by atoms with Gasteiger partial charge in [-0.05, 0) is 28.1 Å². The Balaban J connectivity index is 2.44. The fourth-order valence-corrected chi connectivity index (χ4v) is 1.59. The SMILES string of the molecule is O=c1c(Br)cccn1C1CC1(F)F. The van der Waals surface area contributed by atoms with Crippen LogP contribution in [0.4, 0.5) is 8.78 Å². The Hall–Kier alpha value is -0.710. The van der Waals surface area contributed by atoms with Gasteiger partial charge in [0.25, 0.3) is 11.5 Å². The predicted octanol–water partition coefficient (Wildman–Crippen LogP) is 2.19. The number of hydrogen-bond donors (Lipinski definition) is 0. The third-order valence-corrected chi connectivity index (χ3v) is 2.66. The molecule has 1 aliphatic rings. The van der Waals surface area contributed by atoms with Crippen molar-refractivity contribution in [1.82, 2.24) is 4.57 Å². The standard InChI is InChI=1S/C8H6BrF2NO/c9-5-2-1-3-12(7(5)13)6-4-8(6,10)11/h1-3,6H,4H2. The fraction of sp³-hybridized carbons (Fsp3) is 0.375. The number of hydrogen-bond acceptors (Lipinski definition) is 1. The Morgan fingerprint density at radius 2 is 2.23 bits per heavy atom. The molecule has 1 saturated carbocycles. The summed E-state index contributed by atoms with van der Waals surface area (Å²) in [7, 11) is 0. The third-order valence-electron chi connectivity index (χ3n) is 2.06. The topological polar surface area (TPSA) is 22.0 Å². The zero-order chi connectivity index (χ0) is 9.64. The van der Waals surface area contributed by atoms with Gasteiger partial charge in [0.2, 0.25) is 0 Å². The Labute approximate surface area is 81.3 Å². The van der Waals surface area contributed by atoms with Crippen molar-refractivity contribution < 1.29 is 8.78 Å². The van der Waals surface area contributed by atoms with Crippen LogP contribution in [0.25, 0.3) is 0 Å². The van der Waals surface area contributed by atoms with E-state index in [1.54, 1.807) is 12.1 Å². The number of aromatic nitrogens is 1. The van der Waals surface area contributed by atoms with E-state index in [0.29, 0.717) is 4.47 Å². The van der Waals surface area contributed by atoms with Crippen molar-refractivity contribution in [3.8, 4) is 0 Å². The van der Waals surface area contributed by atoms with Gasteiger partial charge in [-0.25, -0.2) is 8.78 Å². The predicted molar refractivity (Wildman–Crippen MR) is 47.0 cm³/mol. The summed E-state index contributed by atoms with van der Waals surface area (Å²) in [6.45, 7) is 0. The van der Waals surface area contributed by atoms with Crippen LogP contribution >= 0.6 is 15.9 Å².